The first-order valence-corrected chi connectivity index (χ1v) is 8.34. The van der Waals surface area contributed by atoms with E-state index in [9.17, 15) is 4.39 Å². The fraction of sp³-hybridized carbons (Fsp3) is 0.444. The van der Waals surface area contributed by atoms with Crippen LogP contribution in [0, 0.1) is 12.7 Å². The van der Waals surface area contributed by atoms with Gasteiger partial charge in [-0.15, -0.1) is 0 Å². The van der Waals surface area contributed by atoms with Gasteiger partial charge in [-0.2, -0.15) is 4.98 Å². The average Bonchev–Trinajstić information content (AvgIpc) is 2.57. The summed E-state index contributed by atoms with van der Waals surface area (Å²) in [7, 11) is 0. The van der Waals surface area contributed by atoms with Gasteiger partial charge >= 0.3 is 0 Å². The molecule has 0 bridgehead atoms. The van der Waals surface area contributed by atoms with Crippen LogP contribution in [0.2, 0.25) is 0 Å². The number of aryl methyl sites for hydroxylation is 1. The number of benzene rings is 1. The molecule has 6 heteroatoms. The Bertz CT molecular complexity index is 663. The zero-order valence-corrected chi connectivity index (χ0v) is 14.3. The number of aromatic nitrogens is 2. The SMILES string of the molecule is CCCCCCOc1cc(C)ccc1CNc1ncc(F)c(N)n1. The van der Waals surface area contributed by atoms with Crippen molar-refractivity contribution < 1.29 is 9.13 Å². The zero-order valence-electron chi connectivity index (χ0n) is 14.3. The van der Waals surface area contributed by atoms with Crippen LogP contribution in [0.5, 0.6) is 5.75 Å². The molecule has 0 atom stereocenters. The molecular weight excluding hydrogens is 307 g/mol. The summed E-state index contributed by atoms with van der Waals surface area (Å²) >= 11 is 0. The minimum atomic E-state index is -0.619. The lowest BCUT2D eigenvalue weighted by Gasteiger charge is -2.13. The van der Waals surface area contributed by atoms with Crippen LogP contribution >= 0.6 is 0 Å². The smallest absolute Gasteiger partial charge is 0.225 e. The quantitative estimate of drug-likeness (QED) is 0.677. The molecule has 0 spiro atoms. The van der Waals surface area contributed by atoms with Gasteiger partial charge in [0, 0.05) is 12.1 Å². The maximum absolute atomic E-state index is 13.1. The molecule has 0 aliphatic rings. The average molecular weight is 332 g/mol. The predicted octanol–water partition coefficient (Wildman–Crippen LogP) is 4.08. The molecule has 0 aliphatic carbocycles. The normalized spacial score (nSPS) is 10.6. The van der Waals surface area contributed by atoms with E-state index >= 15 is 0 Å². The van der Waals surface area contributed by atoms with Gasteiger partial charge in [0.1, 0.15) is 5.75 Å². The molecule has 0 aliphatic heterocycles. The highest BCUT2D eigenvalue weighted by atomic mass is 19.1. The van der Waals surface area contributed by atoms with E-state index < -0.39 is 5.82 Å². The Kier molecular flexibility index (Phi) is 6.78. The van der Waals surface area contributed by atoms with E-state index in [4.69, 9.17) is 10.5 Å². The third kappa shape index (κ3) is 5.37. The monoisotopic (exact) mass is 332 g/mol. The Morgan fingerprint density at radius 1 is 1.25 bits per heavy atom. The Hall–Kier alpha value is -2.37. The number of nitrogens with two attached hydrogens (primary N) is 1. The van der Waals surface area contributed by atoms with Gasteiger partial charge in [0.05, 0.1) is 12.8 Å². The summed E-state index contributed by atoms with van der Waals surface area (Å²) in [5, 5.41) is 3.05. The number of ether oxygens (including phenoxy) is 1. The van der Waals surface area contributed by atoms with Crippen LogP contribution in [-0.2, 0) is 6.54 Å². The van der Waals surface area contributed by atoms with Crippen LogP contribution in [-0.4, -0.2) is 16.6 Å². The standard InChI is InChI=1S/C18H25FN4O/c1-3-4-5-6-9-24-16-10-13(2)7-8-14(16)11-21-18-22-12-15(19)17(20)23-18/h7-8,10,12H,3-6,9,11H2,1-2H3,(H3,20,21,22,23). The minimum absolute atomic E-state index is 0.163. The minimum Gasteiger partial charge on any atom is -0.493 e. The fourth-order valence-corrected chi connectivity index (χ4v) is 2.29. The van der Waals surface area contributed by atoms with E-state index in [0.717, 1.165) is 29.5 Å². The molecule has 24 heavy (non-hydrogen) atoms. The lowest BCUT2D eigenvalue weighted by molar-refractivity contribution is 0.302. The Morgan fingerprint density at radius 3 is 2.83 bits per heavy atom. The van der Waals surface area contributed by atoms with Gasteiger partial charge in [0.2, 0.25) is 5.95 Å². The van der Waals surface area contributed by atoms with Crippen molar-refractivity contribution in [1.29, 1.82) is 0 Å². The van der Waals surface area contributed by atoms with Crippen molar-refractivity contribution in [2.75, 3.05) is 17.7 Å². The molecule has 0 saturated carbocycles. The fourth-order valence-electron chi connectivity index (χ4n) is 2.29. The second-order valence-corrected chi connectivity index (χ2v) is 5.80. The number of hydrogen-bond donors (Lipinski definition) is 2. The first kappa shape index (κ1) is 18.0. The van der Waals surface area contributed by atoms with Gasteiger partial charge < -0.3 is 15.8 Å². The van der Waals surface area contributed by atoms with Crippen LogP contribution in [0.3, 0.4) is 0 Å². The Labute approximate surface area is 142 Å². The van der Waals surface area contributed by atoms with Gasteiger partial charge in [-0.1, -0.05) is 38.3 Å². The van der Waals surface area contributed by atoms with Gasteiger partial charge in [0.15, 0.2) is 11.6 Å². The van der Waals surface area contributed by atoms with Crippen LogP contribution in [0.15, 0.2) is 24.4 Å². The first-order valence-electron chi connectivity index (χ1n) is 8.34. The van der Waals surface area contributed by atoms with Gasteiger partial charge in [0.25, 0.3) is 0 Å². The molecule has 3 N–H and O–H groups in total. The molecule has 1 heterocycles. The molecule has 1 aromatic carbocycles. The number of halogens is 1. The first-order chi connectivity index (χ1) is 11.6. The van der Waals surface area contributed by atoms with Gasteiger partial charge in [-0.05, 0) is 25.0 Å². The third-order valence-corrected chi connectivity index (χ3v) is 3.69. The summed E-state index contributed by atoms with van der Waals surface area (Å²) in [6.45, 7) is 5.41. The number of nitrogens with one attached hydrogen (secondary N) is 1. The summed E-state index contributed by atoms with van der Waals surface area (Å²) in [5.74, 6) is 0.369. The summed E-state index contributed by atoms with van der Waals surface area (Å²) in [4.78, 5) is 7.75. The van der Waals surface area contributed by atoms with Gasteiger partial charge in [-0.25, -0.2) is 9.37 Å². The van der Waals surface area contributed by atoms with E-state index in [1.807, 2.05) is 25.1 Å². The highest BCUT2D eigenvalue weighted by Crippen LogP contribution is 2.22. The second kappa shape index (κ2) is 9.05. The lowest BCUT2D eigenvalue weighted by Crippen LogP contribution is -2.08. The number of nitrogen functional groups attached to an aromatic ring is 1. The molecule has 0 amide bonds. The Balaban J connectivity index is 1.97. The van der Waals surface area contributed by atoms with Crippen molar-refractivity contribution in [2.24, 2.45) is 0 Å². The molecule has 0 radical (unpaired) electrons. The van der Waals surface area contributed by atoms with E-state index in [0.29, 0.717) is 19.1 Å². The predicted molar refractivity (Wildman–Crippen MR) is 94.5 cm³/mol. The molecule has 130 valence electrons. The van der Waals surface area contributed by atoms with Crippen LogP contribution in [0.4, 0.5) is 16.2 Å². The Morgan fingerprint density at radius 2 is 2.08 bits per heavy atom. The van der Waals surface area contributed by atoms with E-state index in [1.54, 1.807) is 0 Å². The van der Waals surface area contributed by atoms with Crippen molar-refractivity contribution in [2.45, 2.75) is 46.1 Å². The largest absolute Gasteiger partial charge is 0.493 e. The van der Waals surface area contributed by atoms with Crippen molar-refractivity contribution in [1.82, 2.24) is 9.97 Å². The highest BCUT2D eigenvalue weighted by Gasteiger charge is 2.07. The van der Waals surface area contributed by atoms with E-state index in [1.165, 1.54) is 19.3 Å². The third-order valence-electron chi connectivity index (χ3n) is 3.69. The maximum atomic E-state index is 13.1. The number of unbranched alkanes of at least 4 members (excludes halogenated alkanes) is 3. The van der Waals surface area contributed by atoms with Crippen LogP contribution in [0.25, 0.3) is 0 Å². The molecule has 5 nitrogen and oxygen atoms in total. The summed E-state index contributed by atoms with van der Waals surface area (Å²) in [6, 6.07) is 6.06. The van der Waals surface area contributed by atoms with Crippen molar-refractivity contribution in [3.63, 3.8) is 0 Å². The summed E-state index contributed by atoms with van der Waals surface area (Å²) < 4.78 is 19.0. The number of nitrogens with zero attached hydrogens (tertiary/aromatic N) is 2. The van der Waals surface area contributed by atoms with E-state index in [-0.39, 0.29) is 5.82 Å². The molecule has 0 saturated heterocycles. The topological polar surface area (TPSA) is 73.1 Å². The molecule has 1 aromatic heterocycles. The van der Waals surface area contributed by atoms with Crippen molar-refractivity contribution >= 4 is 11.8 Å². The van der Waals surface area contributed by atoms with Crippen LogP contribution < -0.4 is 15.8 Å². The molecule has 2 rings (SSSR count). The molecule has 0 fully saturated rings. The van der Waals surface area contributed by atoms with E-state index in [2.05, 4.69) is 22.2 Å². The number of rotatable bonds is 9. The zero-order chi connectivity index (χ0) is 17.4. The van der Waals surface area contributed by atoms with Crippen LogP contribution in [0.1, 0.15) is 43.7 Å². The maximum Gasteiger partial charge on any atom is 0.225 e. The van der Waals surface area contributed by atoms with Crippen molar-refractivity contribution in [3.8, 4) is 5.75 Å². The lowest BCUT2D eigenvalue weighted by atomic mass is 10.1. The molecule has 0 unspecified atom stereocenters. The number of anilines is 2. The second-order valence-electron chi connectivity index (χ2n) is 5.80. The molecule has 2 aromatic rings. The van der Waals surface area contributed by atoms with Crippen molar-refractivity contribution in [3.05, 3.63) is 41.3 Å². The number of hydrogen-bond acceptors (Lipinski definition) is 5. The highest BCUT2D eigenvalue weighted by molar-refractivity contribution is 5.41. The molecular formula is C18H25FN4O. The van der Waals surface area contributed by atoms with Gasteiger partial charge in [-0.3, -0.25) is 0 Å². The summed E-state index contributed by atoms with van der Waals surface area (Å²) in [6.07, 6.45) is 5.73. The summed E-state index contributed by atoms with van der Waals surface area (Å²) in [5.41, 5.74) is 7.60.